The molecule has 6 N–H and O–H groups in total. The summed E-state index contributed by atoms with van der Waals surface area (Å²) < 4.78 is 0. The van der Waals surface area contributed by atoms with Gasteiger partial charge in [-0.05, 0) is 0 Å². The Balaban J connectivity index is 4.07. The van der Waals surface area contributed by atoms with Gasteiger partial charge in [0.2, 0.25) is 0 Å². The van der Waals surface area contributed by atoms with Gasteiger partial charge < -0.3 is 31.0 Å². The Labute approximate surface area is 69.2 Å². The van der Waals surface area contributed by atoms with Gasteiger partial charge in [-0.3, -0.25) is 0 Å². The molecule has 0 aromatic heterocycles. The second kappa shape index (κ2) is 5.18. The van der Waals surface area contributed by atoms with E-state index >= 15 is 0 Å². The molecule has 0 aliphatic heterocycles. The molecule has 0 radical (unpaired) electrons. The first-order chi connectivity index (χ1) is 5.54. The van der Waals surface area contributed by atoms with Crippen LogP contribution in [0.25, 0.3) is 0 Å². The van der Waals surface area contributed by atoms with Crippen LogP contribution in [0.15, 0.2) is 0 Å². The SMILES string of the molecule is NC(CO)C(O)C(O)C(O)C=O. The van der Waals surface area contributed by atoms with Crippen molar-refractivity contribution in [2.75, 3.05) is 6.61 Å². The van der Waals surface area contributed by atoms with Crippen molar-refractivity contribution in [3.63, 3.8) is 0 Å². The van der Waals surface area contributed by atoms with E-state index in [1.165, 1.54) is 0 Å². The summed E-state index contributed by atoms with van der Waals surface area (Å²) >= 11 is 0. The summed E-state index contributed by atoms with van der Waals surface area (Å²) in [4.78, 5) is 9.94. The number of aliphatic hydroxyl groups excluding tert-OH is 4. The largest absolute Gasteiger partial charge is 0.395 e. The predicted molar refractivity (Wildman–Crippen MR) is 39.1 cm³/mol. The molecule has 0 amide bonds. The average Bonchev–Trinajstić information content (AvgIpc) is 2.12. The second-order valence-electron chi connectivity index (χ2n) is 2.45. The maximum absolute atomic E-state index is 9.94. The van der Waals surface area contributed by atoms with E-state index < -0.39 is 31.0 Å². The molecular weight excluding hydrogens is 166 g/mol. The van der Waals surface area contributed by atoms with Crippen LogP contribution in [0.3, 0.4) is 0 Å². The lowest BCUT2D eigenvalue weighted by Crippen LogP contribution is -2.50. The van der Waals surface area contributed by atoms with E-state index in [1.54, 1.807) is 0 Å². The smallest absolute Gasteiger partial charge is 0.151 e. The molecule has 4 unspecified atom stereocenters. The quantitative estimate of drug-likeness (QED) is 0.280. The minimum atomic E-state index is -1.68. The van der Waals surface area contributed by atoms with Crippen LogP contribution in [-0.2, 0) is 4.79 Å². The topological polar surface area (TPSA) is 124 Å². The average molecular weight is 179 g/mol. The van der Waals surface area contributed by atoms with Gasteiger partial charge in [0, 0.05) is 0 Å². The first-order valence-corrected chi connectivity index (χ1v) is 3.40. The van der Waals surface area contributed by atoms with E-state index in [0.717, 1.165) is 0 Å². The highest BCUT2D eigenvalue weighted by Crippen LogP contribution is 2.01. The van der Waals surface area contributed by atoms with Gasteiger partial charge in [-0.25, -0.2) is 0 Å². The van der Waals surface area contributed by atoms with Gasteiger partial charge in [-0.2, -0.15) is 0 Å². The zero-order valence-electron chi connectivity index (χ0n) is 6.37. The Morgan fingerprint density at radius 1 is 1.25 bits per heavy atom. The fourth-order valence-corrected chi connectivity index (χ4v) is 0.644. The zero-order chi connectivity index (χ0) is 9.72. The van der Waals surface area contributed by atoms with E-state index in [1.807, 2.05) is 0 Å². The van der Waals surface area contributed by atoms with Crippen LogP contribution in [0, 0.1) is 0 Å². The van der Waals surface area contributed by atoms with Crippen molar-refractivity contribution in [3.8, 4) is 0 Å². The Hall–Kier alpha value is -0.530. The van der Waals surface area contributed by atoms with E-state index in [0.29, 0.717) is 0 Å². The molecule has 0 heterocycles. The molecule has 0 aromatic rings. The number of carbonyl (C=O) groups is 1. The molecular formula is C6H13NO5. The number of hydrogen-bond donors (Lipinski definition) is 5. The molecule has 0 bridgehead atoms. The minimum Gasteiger partial charge on any atom is -0.395 e. The highest BCUT2D eigenvalue weighted by molar-refractivity contribution is 5.56. The number of carbonyl (C=O) groups excluding carboxylic acids is 1. The van der Waals surface area contributed by atoms with Crippen LogP contribution < -0.4 is 5.73 Å². The second-order valence-corrected chi connectivity index (χ2v) is 2.45. The molecule has 0 aromatic carbocycles. The molecule has 0 saturated carbocycles. The summed E-state index contributed by atoms with van der Waals surface area (Å²) in [7, 11) is 0. The van der Waals surface area contributed by atoms with Crippen LogP contribution >= 0.6 is 0 Å². The van der Waals surface area contributed by atoms with E-state index in [4.69, 9.17) is 26.2 Å². The van der Waals surface area contributed by atoms with E-state index in [2.05, 4.69) is 0 Å². The number of hydrogen-bond acceptors (Lipinski definition) is 6. The Bertz CT molecular complexity index is 142. The van der Waals surface area contributed by atoms with Gasteiger partial charge in [-0.1, -0.05) is 0 Å². The predicted octanol–water partition coefficient (Wildman–Crippen LogP) is -3.41. The number of nitrogens with two attached hydrogens (primary N) is 1. The highest BCUT2D eigenvalue weighted by atomic mass is 16.4. The maximum atomic E-state index is 9.94. The lowest BCUT2D eigenvalue weighted by atomic mass is 10.0. The van der Waals surface area contributed by atoms with Gasteiger partial charge in [0.1, 0.15) is 18.3 Å². The summed E-state index contributed by atoms with van der Waals surface area (Å²) in [5.74, 6) is 0. The summed E-state index contributed by atoms with van der Waals surface area (Å²) in [6.07, 6.45) is -4.78. The summed E-state index contributed by atoms with van der Waals surface area (Å²) in [6.45, 7) is -0.538. The molecule has 72 valence electrons. The van der Waals surface area contributed by atoms with Crippen LogP contribution in [-0.4, -0.2) is 57.7 Å². The molecule has 0 rings (SSSR count). The van der Waals surface area contributed by atoms with Crippen molar-refractivity contribution in [2.45, 2.75) is 24.4 Å². The van der Waals surface area contributed by atoms with Crippen molar-refractivity contribution < 1.29 is 25.2 Å². The first-order valence-electron chi connectivity index (χ1n) is 3.40. The van der Waals surface area contributed by atoms with Gasteiger partial charge >= 0.3 is 0 Å². The highest BCUT2D eigenvalue weighted by Gasteiger charge is 2.28. The van der Waals surface area contributed by atoms with Crippen LogP contribution in [0.5, 0.6) is 0 Å². The first kappa shape index (κ1) is 11.5. The fraction of sp³-hybridized carbons (Fsp3) is 0.833. The third kappa shape index (κ3) is 2.84. The molecule has 12 heavy (non-hydrogen) atoms. The monoisotopic (exact) mass is 179 g/mol. The Kier molecular flexibility index (Phi) is 4.95. The standard InChI is InChI=1S/C6H13NO5/c7-3(1-8)5(11)6(12)4(10)2-9/h2-6,8,10-12H,1,7H2. The molecule has 6 nitrogen and oxygen atoms in total. The fourth-order valence-electron chi connectivity index (χ4n) is 0.644. The minimum absolute atomic E-state index is 0.0813. The maximum Gasteiger partial charge on any atom is 0.151 e. The van der Waals surface area contributed by atoms with Crippen molar-refractivity contribution in [3.05, 3.63) is 0 Å². The molecule has 0 aliphatic rings. The zero-order valence-corrected chi connectivity index (χ0v) is 6.37. The summed E-state index contributed by atoms with van der Waals surface area (Å²) in [5.41, 5.74) is 5.12. The molecule has 0 spiro atoms. The van der Waals surface area contributed by atoms with Gasteiger partial charge in [0.15, 0.2) is 6.29 Å². The third-order valence-corrected chi connectivity index (χ3v) is 1.49. The molecule has 0 aliphatic carbocycles. The number of aliphatic hydroxyl groups is 4. The van der Waals surface area contributed by atoms with Crippen molar-refractivity contribution in [1.82, 2.24) is 0 Å². The van der Waals surface area contributed by atoms with Crippen molar-refractivity contribution >= 4 is 6.29 Å². The Morgan fingerprint density at radius 3 is 2.08 bits per heavy atom. The molecule has 0 saturated heterocycles. The van der Waals surface area contributed by atoms with Gasteiger partial charge in [0.05, 0.1) is 12.6 Å². The third-order valence-electron chi connectivity index (χ3n) is 1.49. The lowest BCUT2D eigenvalue weighted by molar-refractivity contribution is -0.127. The molecule has 4 atom stereocenters. The molecule has 6 heteroatoms. The van der Waals surface area contributed by atoms with Crippen molar-refractivity contribution in [2.24, 2.45) is 5.73 Å². The van der Waals surface area contributed by atoms with Crippen LogP contribution in [0.2, 0.25) is 0 Å². The number of rotatable bonds is 5. The van der Waals surface area contributed by atoms with Crippen molar-refractivity contribution in [1.29, 1.82) is 0 Å². The van der Waals surface area contributed by atoms with E-state index in [9.17, 15) is 4.79 Å². The lowest BCUT2D eigenvalue weighted by Gasteiger charge is -2.23. The van der Waals surface area contributed by atoms with Crippen LogP contribution in [0.1, 0.15) is 0 Å². The van der Waals surface area contributed by atoms with E-state index in [-0.39, 0.29) is 6.29 Å². The van der Waals surface area contributed by atoms with Gasteiger partial charge in [0.25, 0.3) is 0 Å². The molecule has 0 fully saturated rings. The number of aldehydes is 1. The summed E-state index contributed by atoms with van der Waals surface area (Å²) in [5, 5.41) is 35.2. The normalized spacial score (nSPS) is 21.1. The summed E-state index contributed by atoms with van der Waals surface area (Å²) in [6, 6.07) is -1.07. The van der Waals surface area contributed by atoms with Crippen LogP contribution in [0.4, 0.5) is 0 Å². The van der Waals surface area contributed by atoms with Gasteiger partial charge in [-0.15, -0.1) is 0 Å². The Morgan fingerprint density at radius 2 is 1.75 bits per heavy atom.